The second-order valence-corrected chi connectivity index (χ2v) is 8.37. The number of hydrogen-bond donors (Lipinski definition) is 2. The third-order valence-corrected chi connectivity index (χ3v) is 5.29. The van der Waals surface area contributed by atoms with E-state index in [2.05, 4.69) is 17.6 Å². The Morgan fingerprint density at radius 2 is 1.84 bits per heavy atom. The van der Waals surface area contributed by atoms with Crippen LogP contribution in [0.15, 0.2) is 59.8 Å². The van der Waals surface area contributed by atoms with Gasteiger partial charge in [-0.05, 0) is 50.5 Å². The molecule has 3 rings (SSSR count). The van der Waals surface area contributed by atoms with E-state index in [0.717, 1.165) is 18.4 Å². The SMILES string of the molecule is CCCCC1=C(C(=O)OC(C)C)C(c2ccccc2OCc2ccc(Cl)cc2)NC(=O)N1. The molecule has 1 atom stereocenters. The smallest absolute Gasteiger partial charge is 0.338 e. The average molecular weight is 457 g/mol. The molecule has 0 bridgehead atoms. The van der Waals surface area contributed by atoms with Crippen molar-refractivity contribution in [1.29, 1.82) is 0 Å². The van der Waals surface area contributed by atoms with Gasteiger partial charge in [-0.3, -0.25) is 0 Å². The molecule has 0 saturated carbocycles. The maximum atomic E-state index is 13.1. The van der Waals surface area contributed by atoms with Crippen molar-refractivity contribution >= 4 is 23.6 Å². The number of benzene rings is 2. The summed E-state index contributed by atoms with van der Waals surface area (Å²) in [7, 11) is 0. The summed E-state index contributed by atoms with van der Waals surface area (Å²) < 4.78 is 11.6. The van der Waals surface area contributed by atoms with E-state index in [1.54, 1.807) is 13.8 Å². The quantitative estimate of drug-likeness (QED) is 0.476. The molecule has 170 valence electrons. The molecule has 1 aliphatic heterocycles. The minimum absolute atomic E-state index is 0.280. The lowest BCUT2D eigenvalue weighted by Gasteiger charge is -2.31. The number of urea groups is 1. The molecular weight excluding hydrogens is 428 g/mol. The summed E-state index contributed by atoms with van der Waals surface area (Å²) in [5.41, 5.74) is 2.66. The van der Waals surface area contributed by atoms with Crippen molar-refractivity contribution < 1.29 is 19.1 Å². The Morgan fingerprint density at radius 3 is 2.53 bits per heavy atom. The Balaban J connectivity index is 1.96. The van der Waals surface area contributed by atoms with Crippen molar-refractivity contribution in [1.82, 2.24) is 10.6 Å². The first-order valence-electron chi connectivity index (χ1n) is 10.9. The Labute approximate surface area is 193 Å². The Hall–Kier alpha value is -2.99. The van der Waals surface area contributed by atoms with E-state index < -0.39 is 12.0 Å². The molecule has 0 saturated heterocycles. The summed E-state index contributed by atoms with van der Waals surface area (Å²) in [5, 5.41) is 6.35. The number of carbonyl (C=O) groups is 2. The molecular formula is C25H29ClN2O4. The van der Waals surface area contributed by atoms with E-state index in [9.17, 15) is 9.59 Å². The van der Waals surface area contributed by atoms with Crippen molar-refractivity contribution in [2.24, 2.45) is 0 Å². The molecule has 1 unspecified atom stereocenters. The number of hydrogen-bond acceptors (Lipinski definition) is 4. The number of rotatable bonds is 9. The number of unbranched alkanes of at least 4 members (excludes halogenated alkanes) is 1. The molecule has 6 nitrogen and oxygen atoms in total. The lowest BCUT2D eigenvalue weighted by molar-refractivity contribution is -0.143. The molecule has 7 heteroatoms. The molecule has 1 aliphatic rings. The van der Waals surface area contributed by atoms with Gasteiger partial charge in [0.25, 0.3) is 0 Å². The Bertz CT molecular complexity index is 986. The first-order valence-corrected chi connectivity index (χ1v) is 11.2. The second kappa shape index (κ2) is 11.0. The van der Waals surface area contributed by atoms with Crippen molar-refractivity contribution in [3.05, 3.63) is 76.0 Å². The minimum atomic E-state index is -0.678. The molecule has 2 amide bonds. The van der Waals surface area contributed by atoms with Crippen molar-refractivity contribution in [2.75, 3.05) is 0 Å². The molecule has 0 aliphatic carbocycles. The van der Waals surface area contributed by atoms with Crippen molar-refractivity contribution in [2.45, 2.75) is 58.8 Å². The van der Waals surface area contributed by atoms with Crippen LogP contribution < -0.4 is 15.4 Å². The Kier molecular flexibility index (Phi) is 8.17. The fourth-order valence-corrected chi connectivity index (χ4v) is 3.64. The van der Waals surface area contributed by atoms with Crippen LogP contribution in [0.2, 0.25) is 5.02 Å². The molecule has 1 heterocycles. The molecule has 0 radical (unpaired) electrons. The van der Waals surface area contributed by atoms with Crippen molar-refractivity contribution in [3.8, 4) is 5.75 Å². The van der Waals surface area contributed by atoms with Gasteiger partial charge in [0.15, 0.2) is 0 Å². The van der Waals surface area contributed by atoms with E-state index in [0.29, 0.717) is 40.6 Å². The normalized spacial score (nSPS) is 15.9. The number of amides is 2. The monoisotopic (exact) mass is 456 g/mol. The summed E-state index contributed by atoms with van der Waals surface area (Å²) >= 11 is 5.96. The van der Waals surface area contributed by atoms with E-state index in [1.807, 2.05) is 48.5 Å². The number of nitrogens with one attached hydrogen (secondary N) is 2. The van der Waals surface area contributed by atoms with Gasteiger partial charge in [-0.1, -0.05) is 55.3 Å². The fourth-order valence-electron chi connectivity index (χ4n) is 3.51. The molecule has 0 aromatic heterocycles. The van der Waals surface area contributed by atoms with E-state index in [4.69, 9.17) is 21.1 Å². The van der Waals surface area contributed by atoms with Gasteiger partial charge in [0.1, 0.15) is 12.4 Å². The van der Waals surface area contributed by atoms with Crippen LogP contribution in [0, 0.1) is 0 Å². The standard InChI is InChI=1S/C25H29ClN2O4/c1-4-5-9-20-22(24(29)32-16(2)3)23(28-25(30)27-20)19-8-6-7-10-21(19)31-15-17-11-13-18(26)14-12-17/h6-8,10-14,16,23H,4-5,9,15H2,1-3H3,(H2,27,28,30). The molecule has 2 aromatic carbocycles. The van der Waals surface area contributed by atoms with Gasteiger partial charge in [-0.15, -0.1) is 0 Å². The summed E-state index contributed by atoms with van der Waals surface area (Å²) in [6.45, 7) is 5.99. The number of ether oxygens (including phenoxy) is 2. The van der Waals surface area contributed by atoms with Gasteiger partial charge >= 0.3 is 12.0 Å². The van der Waals surface area contributed by atoms with Gasteiger partial charge in [0.05, 0.1) is 17.7 Å². The number of esters is 1. The van der Waals surface area contributed by atoms with Gasteiger partial charge in [0, 0.05) is 16.3 Å². The zero-order valence-corrected chi connectivity index (χ0v) is 19.4. The number of carbonyl (C=O) groups excluding carboxylic acids is 2. The fraction of sp³-hybridized carbons (Fsp3) is 0.360. The highest BCUT2D eigenvalue weighted by Crippen LogP contribution is 2.35. The van der Waals surface area contributed by atoms with E-state index in [-0.39, 0.29) is 12.1 Å². The zero-order chi connectivity index (χ0) is 23.1. The molecule has 0 fully saturated rings. The maximum Gasteiger partial charge on any atom is 0.338 e. The Morgan fingerprint density at radius 1 is 1.12 bits per heavy atom. The van der Waals surface area contributed by atoms with E-state index >= 15 is 0 Å². The number of allylic oxidation sites excluding steroid dienone is 1. The van der Waals surface area contributed by atoms with Crippen LogP contribution in [0.25, 0.3) is 0 Å². The maximum absolute atomic E-state index is 13.1. The highest BCUT2D eigenvalue weighted by Gasteiger charge is 2.35. The predicted molar refractivity (Wildman–Crippen MR) is 124 cm³/mol. The number of halogens is 1. The average Bonchev–Trinajstić information content (AvgIpc) is 2.76. The van der Waals surface area contributed by atoms with Crippen LogP contribution in [0.4, 0.5) is 4.79 Å². The molecule has 0 spiro atoms. The highest BCUT2D eigenvalue weighted by atomic mass is 35.5. The van der Waals surface area contributed by atoms with Crippen LogP contribution in [0.1, 0.15) is 57.2 Å². The zero-order valence-electron chi connectivity index (χ0n) is 18.6. The largest absolute Gasteiger partial charge is 0.489 e. The summed E-state index contributed by atoms with van der Waals surface area (Å²) in [5.74, 6) is 0.135. The number of para-hydroxylation sites is 1. The van der Waals surface area contributed by atoms with E-state index in [1.165, 1.54) is 0 Å². The lowest BCUT2D eigenvalue weighted by Crippen LogP contribution is -2.46. The third kappa shape index (κ3) is 6.04. The second-order valence-electron chi connectivity index (χ2n) is 7.93. The van der Waals surface area contributed by atoms with Gasteiger partial charge in [-0.2, -0.15) is 0 Å². The van der Waals surface area contributed by atoms with Crippen LogP contribution in [0.5, 0.6) is 5.75 Å². The molecule has 2 aromatic rings. The van der Waals surface area contributed by atoms with Crippen LogP contribution in [0.3, 0.4) is 0 Å². The van der Waals surface area contributed by atoms with Crippen molar-refractivity contribution in [3.63, 3.8) is 0 Å². The molecule has 32 heavy (non-hydrogen) atoms. The summed E-state index contributed by atoms with van der Waals surface area (Å²) in [6.07, 6.45) is 2.08. The van der Waals surface area contributed by atoms with Crippen LogP contribution in [-0.2, 0) is 16.1 Å². The van der Waals surface area contributed by atoms with Crippen LogP contribution in [-0.4, -0.2) is 18.1 Å². The van der Waals surface area contributed by atoms with Gasteiger partial charge in [0.2, 0.25) is 0 Å². The first kappa shape index (κ1) is 23.7. The summed E-state index contributed by atoms with van der Waals surface area (Å²) in [6, 6.07) is 13.8. The highest BCUT2D eigenvalue weighted by molar-refractivity contribution is 6.30. The predicted octanol–water partition coefficient (Wildman–Crippen LogP) is 5.67. The summed E-state index contributed by atoms with van der Waals surface area (Å²) in [4.78, 5) is 25.5. The molecule has 2 N–H and O–H groups in total. The topological polar surface area (TPSA) is 76.7 Å². The van der Waals surface area contributed by atoms with Gasteiger partial charge < -0.3 is 20.1 Å². The minimum Gasteiger partial charge on any atom is -0.489 e. The lowest BCUT2D eigenvalue weighted by atomic mass is 9.93. The van der Waals surface area contributed by atoms with Crippen LogP contribution >= 0.6 is 11.6 Å². The van der Waals surface area contributed by atoms with Gasteiger partial charge in [-0.25, -0.2) is 9.59 Å². The first-order chi connectivity index (χ1) is 15.4. The third-order valence-electron chi connectivity index (χ3n) is 5.03.